The van der Waals surface area contributed by atoms with Gasteiger partial charge in [0.2, 0.25) is 0 Å². The molecule has 5 heteroatoms. The van der Waals surface area contributed by atoms with Gasteiger partial charge in [-0.2, -0.15) is 0 Å². The SMILES string of the molecule is COc1cccc(CN(CC(C)C)C(=O)NC[C@@H]2CCCN2C(C)C)c1. The van der Waals surface area contributed by atoms with Crippen LogP contribution in [0.3, 0.4) is 0 Å². The summed E-state index contributed by atoms with van der Waals surface area (Å²) in [5.41, 5.74) is 1.09. The number of nitrogens with one attached hydrogen (secondary N) is 1. The molecule has 1 atom stereocenters. The maximum atomic E-state index is 12.8. The van der Waals surface area contributed by atoms with Gasteiger partial charge in [0.25, 0.3) is 0 Å². The first-order chi connectivity index (χ1) is 12.4. The normalized spacial score (nSPS) is 17.7. The molecule has 0 saturated carbocycles. The van der Waals surface area contributed by atoms with Crippen molar-refractivity contribution >= 4 is 6.03 Å². The van der Waals surface area contributed by atoms with Gasteiger partial charge in [-0.25, -0.2) is 4.79 Å². The third-order valence-corrected chi connectivity index (χ3v) is 4.96. The molecule has 146 valence electrons. The Morgan fingerprint density at radius 1 is 1.35 bits per heavy atom. The molecular formula is C21H35N3O2. The first kappa shape index (κ1) is 20.6. The third-order valence-electron chi connectivity index (χ3n) is 4.96. The van der Waals surface area contributed by atoms with Crippen molar-refractivity contribution < 1.29 is 9.53 Å². The lowest BCUT2D eigenvalue weighted by Gasteiger charge is -2.30. The summed E-state index contributed by atoms with van der Waals surface area (Å²) < 4.78 is 5.30. The van der Waals surface area contributed by atoms with Crippen LogP contribution in [-0.2, 0) is 6.54 Å². The summed E-state index contributed by atoms with van der Waals surface area (Å²) in [4.78, 5) is 17.2. The van der Waals surface area contributed by atoms with E-state index in [1.807, 2.05) is 29.2 Å². The molecule has 1 saturated heterocycles. The Hall–Kier alpha value is -1.75. The molecule has 1 fully saturated rings. The maximum Gasteiger partial charge on any atom is 0.317 e. The number of hydrogen-bond acceptors (Lipinski definition) is 3. The maximum absolute atomic E-state index is 12.8. The van der Waals surface area contributed by atoms with Gasteiger partial charge < -0.3 is 15.0 Å². The molecule has 1 heterocycles. The molecule has 1 N–H and O–H groups in total. The van der Waals surface area contributed by atoms with Crippen LogP contribution in [0.15, 0.2) is 24.3 Å². The monoisotopic (exact) mass is 361 g/mol. The molecule has 0 bridgehead atoms. The Kier molecular flexibility index (Phi) is 7.76. The molecule has 1 aromatic rings. The smallest absolute Gasteiger partial charge is 0.317 e. The van der Waals surface area contributed by atoms with Gasteiger partial charge in [-0.15, -0.1) is 0 Å². The van der Waals surface area contributed by atoms with Crippen molar-refractivity contribution in [3.63, 3.8) is 0 Å². The fraction of sp³-hybridized carbons (Fsp3) is 0.667. The number of likely N-dealkylation sites (tertiary alicyclic amines) is 1. The summed E-state index contributed by atoms with van der Waals surface area (Å²) in [6, 6.07) is 8.95. The van der Waals surface area contributed by atoms with Crippen molar-refractivity contribution in [2.75, 3.05) is 26.7 Å². The van der Waals surface area contributed by atoms with Crippen LogP contribution in [0.4, 0.5) is 4.79 Å². The predicted molar refractivity (Wildman–Crippen MR) is 107 cm³/mol. The number of carbonyl (C=O) groups is 1. The molecule has 0 radical (unpaired) electrons. The number of hydrogen-bond donors (Lipinski definition) is 1. The number of methoxy groups -OCH3 is 1. The van der Waals surface area contributed by atoms with E-state index in [1.165, 1.54) is 12.8 Å². The van der Waals surface area contributed by atoms with E-state index in [0.717, 1.165) is 30.9 Å². The zero-order valence-electron chi connectivity index (χ0n) is 17.0. The second kappa shape index (κ2) is 9.81. The summed E-state index contributed by atoms with van der Waals surface area (Å²) in [5, 5.41) is 3.18. The Bertz CT molecular complexity index is 574. The van der Waals surface area contributed by atoms with Crippen LogP contribution in [0.25, 0.3) is 0 Å². The van der Waals surface area contributed by atoms with E-state index in [0.29, 0.717) is 24.5 Å². The quantitative estimate of drug-likeness (QED) is 0.767. The van der Waals surface area contributed by atoms with Crippen LogP contribution in [0.2, 0.25) is 0 Å². The minimum atomic E-state index is 0.0251. The molecule has 0 spiro atoms. The number of amides is 2. The van der Waals surface area contributed by atoms with Crippen molar-refractivity contribution in [2.24, 2.45) is 5.92 Å². The first-order valence-corrected chi connectivity index (χ1v) is 9.82. The van der Waals surface area contributed by atoms with E-state index < -0.39 is 0 Å². The standard InChI is InChI=1S/C21H35N3O2/c1-16(2)14-23(15-18-8-6-10-20(12-18)26-5)21(25)22-13-19-9-7-11-24(19)17(3)4/h6,8,10,12,16-17,19H,7,9,11,13-15H2,1-5H3,(H,22,25)/t19-/m0/s1. The van der Waals surface area contributed by atoms with Crippen molar-refractivity contribution in [3.8, 4) is 5.75 Å². The van der Waals surface area contributed by atoms with E-state index in [4.69, 9.17) is 4.74 Å². The minimum absolute atomic E-state index is 0.0251. The van der Waals surface area contributed by atoms with Gasteiger partial charge in [-0.1, -0.05) is 26.0 Å². The van der Waals surface area contributed by atoms with E-state index in [-0.39, 0.29) is 6.03 Å². The minimum Gasteiger partial charge on any atom is -0.497 e. The number of nitrogens with zero attached hydrogens (tertiary/aromatic N) is 2. The summed E-state index contributed by atoms with van der Waals surface area (Å²) in [6.07, 6.45) is 2.39. The number of carbonyl (C=O) groups excluding carboxylic acids is 1. The van der Waals surface area contributed by atoms with E-state index in [9.17, 15) is 4.79 Å². The molecular weight excluding hydrogens is 326 g/mol. The Balaban J connectivity index is 1.97. The molecule has 0 unspecified atom stereocenters. The largest absolute Gasteiger partial charge is 0.497 e. The molecule has 5 nitrogen and oxygen atoms in total. The van der Waals surface area contributed by atoms with E-state index in [1.54, 1.807) is 7.11 Å². The molecule has 2 amide bonds. The van der Waals surface area contributed by atoms with Gasteiger partial charge in [0.05, 0.1) is 7.11 Å². The first-order valence-electron chi connectivity index (χ1n) is 9.82. The van der Waals surface area contributed by atoms with Crippen LogP contribution < -0.4 is 10.1 Å². The van der Waals surface area contributed by atoms with Crippen LogP contribution in [0.1, 0.15) is 46.1 Å². The van der Waals surface area contributed by atoms with Crippen molar-refractivity contribution in [1.82, 2.24) is 15.1 Å². The topological polar surface area (TPSA) is 44.8 Å². The van der Waals surface area contributed by atoms with Gasteiger partial charge in [-0.3, -0.25) is 4.90 Å². The second-order valence-corrected chi connectivity index (χ2v) is 7.94. The zero-order valence-corrected chi connectivity index (χ0v) is 17.0. The van der Waals surface area contributed by atoms with Crippen LogP contribution in [0, 0.1) is 5.92 Å². The fourth-order valence-electron chi connectivity index (χ4n) is 3.73. The average molecular weight is 362 g/mol. The number of benzene rings is 1. The summed E-state index contributed by atoms with van der Waals surface area (Å²) in [6.45, 7) is 11.9. The molecule has 0 aliphatic carbocycles. The molecule has 1 aromatic carbocycles. The van der Waals surface area contributed by atoms with Gasteiger partial charge >= 0.3 is 6.03 Å². The summed E-state index contributed by atoms with van der Waals surface area (Å²) >= 11 is 0. The van der Waals surface area contributed by atoms with E-state index >= 15 is 0 Å². The van der Waals surface area contributed by atoms with Gasteiger partial charge in [-0.05, 0) is 56.8 Å². The van der Waals surface area contributed by atoms with Crippen molar-refractivity contribution in [1.29, 1.82) is 0 Å². The number of ether oxygens (including phenoxy) is 1. The van der Waals surface area contributed by atoms with E-state index in [2.05, 4.69) is 37.9 Å². The summed E-state index contributed by atoms with van der Waals surface area (Å²) in [7, 11) is 1.67. The van der Waals surface area contributed by atoms with Crippen LogP contribution >= 0.6 is 0 Å². The van der Waals surface area contributed by atoms with Gasteiger partial charge in [0, 0.05) is 31.7 Å². The van der Waals surface area contributed by atoms with Gasteiger partial charge in [0.1, 0.15) is 5.75 Å². The van der Waals surface area contributed by atoms with Crippen molar-refractivity contribution in [2.45, 2.75) is 59.2 Å². The Morgan fingerprint density at radius 2 is 2.12 bits per heavy atom. The van der Waals surface area contributed by atoms with Crippen molar-refractivity contribution in [3.05, 3.63) is 29.8 Å². The Labute approximate surface area is 158 Å². The fourth-order valence-corrected chi connectivity index (χ4v) is 3.73. The molecule has 1 aliphatic heterocycles. The lowest BCUT2D eigenvalue weighted by molar-refractivity contribution is 0.173. The number of urea groups is 1. The molecule has 2 rings (SSSR count). The lowest BCUT2D eigenvalue weighted by atomic mass is 10.1. The highest BCUT2D eigenvalue weighted by Crippen LogP contribution is 2.19. The van der Waals surface area contributed by atoms with Crippen LogP contribution in [0.5, 0.6) is 5.75 Å². The summed E-state index contributed by atoms with van der Waals surface area (Å²) in [5.74, 6) is 1.25. The van der Waals surface area contributed by atoms with Crippen LogP contribution in [-0.4, -0.2) is 54.7 Å². The molecule has 26 heavy (non-hydrogen) atoms. The number of rotatable bonds is 8. The predicted octanol–water partition coefficient (Wildman–Crippen LogP) is 3.74. The molecule has 0 aromatic heterocycles. The highest BCUT2D eigenvalue weighted by Gasteiger charge is 2.27. The Morgan fingerprint density at radius 3 is 2.77 bits per heavy atom. The van der Waals surface area contributed by atoms with Gasteiger partial charge in [0.15, 0.2) is 0 Å². The average Bonchev–Trinajstić information content (AvgIpc) is 3.07. The highest BCUT2D eigenvalue weighted by molar-refractivity contribution is 5.74. The lowest BCUT2D eigenvalue weighted by Crippen LogP contribution is -2.47. The highest BCUT2D eigenvalue weighted by atomic mass is 16.5. The zero-order chi connectivity index (χ0) is 19.1. The second-order valence-electron chi connectivity index (χ2n) is 7.94. The molecule has 1 aliphatic rings. The third kappa shape index (κ3) is 5.90.